The maximum atomic E-state index is 12.3. The maximum Gasteiger partial charge on any atom is 0.333 e. The Kier molecular flexibility index (Phi) is 4.14. The van der Waals surface area contributed by atoms with Gasteiger partial charge in [-0.05, 0) is 38.0 Å². The van der Waals surface area contributed by atoms with Crippen LogP contribution in [0.5, 0.6) is 0 Å². The first-order valence-corrected chi connectivity index (χ1v) is 7.34. The summed E-state index contributed by atoms with van der Waals surface area (Å²) in [6, 6.07) is 10.5. The Morgan fingerprint density at radius 3 is 2.29 bits per heavy atom. The molecule has 2 N–H and O–H groups in total. The molecule has 4 nitrogen and oxygen atoms in total. The molecular weight excluding hydrogens is 286 g/mol. The molecule has 0 saturated carbocycles. The second-order valence-corrected chi connectivity index (χ2v) is 6.36. The third-order valence-electron chi connectivity index (χ3n) is 3.53. The maximum absolute atomic E-state index is 12.3. The molecule has 1 aromatic carbocycles. The number of aliphatic carboxylic acids is 1. The van der Waals surface area contributed by atoms with E-state index in [2.05, 4.69) is 5.32 Å². The largest absolute Gasteiger partial charge is 0.479 e. The number of hydrogen-bond donors (Lipinski definition) is 2. The average molecular weight is 303 g/mol. The summed E-state index contributed by atoms with van der Waals surface area (Å²) < 4.78 is 0. The third kappa shape index (κ3) is 2.97. The first-order valence-electron chi connectivity index (χ1n) is 6.53. The van der Waals surface area contributed by atoms with Gasteiger partial charge in [-0.25, -0.2) is 4.79 Å². The lowest BCUT2D eigenvalue weighted by Crippen LogP contribution is -2.49. The van der Waals surface area contributed by atoms with E-state index in [1.807, 2.05) is 13.8 Å². The van der Waals surface area contributed by atoms with Gasteiger partial charge in [-0.1, -0.05) is 30.3 Å². The molecule has 0 aliphatic rings. The smallest absolute Gasteiger partial charge is 0.333 e. The minimum absolute atomic E-state index is 0.370. The van der Waals surface area contributed by atoms with Crippen LogP contribution in [0.3, 0.4) is 0 Å². The van der Waals surface area contributed by atoms with Gasteiger partial charge in [-0.2, -0.15) is 0 Å². The van der Waals surface area contributed by atoms with Crippen LogP contribution in [0.25, 0.3) is 0 Å². The second kappa shape index (κ2) is 5.69. The van der Waals surface area contributed by atoms with Gasteiger partial charge in [-0.3, -0.25) is 4.79 Å². The van der Waals surface area contributed by atoms with Gasteiger partial charge in [0.2, 0.25) is 0 Å². The summed E-state index contributed by atoms with van der Waals surface area (Å²) in [6.45, 7) is 5.36. The molecule has 2 aromatic rings. The van der Waals surface area contributed by atoms with Crippen LogP contribution >= 0.6 is 11.3 Å². The number of carbonyl (C=O) groups excluding carboxylic acids is 1. The zero-order valence-electron chi connectivity index (χ0n) is 12.1. The quantitative estimate of drug-likeness (QED) is 0.912. The number of thiophene rings is 1. The molecule has 1 heterocycles. The van der Waals surface area contributed by atoms with Crippen molar-refractivity contribution in [1.82, 2.24) is 5.32 Å². The molecule has 2 rings (SSSR count). The number of nitrogens with one attached hydrogen (secondary N) is 1. The van der Waals surface area contributed by atoms with E-state index in [0.29, 0.717) is 10.4 Å². The summed E-state index contributed by atoms with van der Waals surface area (Å²) in [4.78, 5) is 25.6. The second-order valence-electron chi connectivity index (χ2n) is 5.10. The lowest BCUT2D eigenvalue weighted by Gasteiger charge is -2.26. The Bertz CT molecular complexity index is 659. The number of aryl methyl sites for hydroxylation is 2. The summed E-state index contributed by atoms with van der Waals surface area (Å²) in [5.41, 5.74) is 0.113. The Morgan fingerprint density at radius 1 is 1.19 bits per heavy atom. The Balaban J connectivity index is 2.33. The van der Waals surface area contributed by atoms with Crippen molar-refractivity contribution in [2.75, 3.05) is 0 Å². The van der Waals surface area contributed by atoms with Gasteiger partial charge in [0.15, 0.2) is 5.54 Å². The van der Waals surface area contributed by atoms with Gasteiger partial charge in [-0.15, -0.1) is 11.3 Å². The minimum Gasteiger partial charge on any atom is -0.479 e. The fourth-order valence-electron chi connectivity index (χ4n) is 1.99. The summed E-state index contributed by atoms with van der Waals surface area (Å²) in [5, 5.41) is 12.2. The van der Waals surface area contributed by atoms with E-state index in [-0.39, 0.29) is 5.91 Å². The molecule has 110 valence electrons. The third-order valence-corrected chi connectivity index (χ3v) is 4.68. The summed E-state index contributed by atoms with van der Waals surface area (Å²) in [5.74, 6) is -1.46. The minimum atomic E-state index is -1.45. The van der Waals surface area contributed by atoms with E-state index >= 15 is 0 Å². The number of hydrogen-bond acceptors (Lipinski definition) is 3. The van der Waals surface area contributed by atoms with Crippen molar-refractivity contribution in [3.05, 3.63) is 57.3 Å². The van der Waals surface area contributed by atoms with Crippen LogP contribution < -0.4 is 5.32 Å². The molecule has 0 fully saturated rings. The molecule has 0 saturated heterocycles. The molecule has 1 aromatic heterocycles. The van der Waals surface area contributed by atoms with Crippen molar-refractivity contribution in [3.63, 3.8) is 0 Å². The van der Waals surface area contributed by atoms with Gasteiger partial charge >= 0.3 is 5.97 Å². The molecule has 0 bridgehead atoms. The van der Waals surface area contributed by atoms with E-state index in [9.17, 15) is 14.7 Å². The average Bonchev–Trinajstić information content (AvgIpc) is 2.79. The summed E-state index contributed by atoms with van der Waals surface area (Å²) in [7, 11) is 0. The number of carboxylic acid groups (broad SMARTS) is 1. The normalized spacial score (nSPS) is 13.5. The summed E-state index contributed by atoms with van der Waals surface area (Å²) >= 11 is 1.37. The highest BCUT2D eigenvalue weighted by Crippen LogP contribution is 2.25. The van der Waals surface area contributed by atoms with Crippen LogP contribution in [0.4, 0.5) is 0 Å². The van der Waals surface area contributed by atoms with Crippen molar-refractivity contribution < 1.29 is 14.7 Å². The van der Waals surface area contributed by atoms with Crippen molar-refractivity contribution in [2.45, 2.75) is 26.3 Å². The topological polar surface area (TPSA) is 66.4 Å². The monoisotopic (exact) mass is 303 g/mol. The lowest BCUT2D eigenvalue weighted by atomic mass is 9.92. The highest BCUT2D eigenvalue weighted by Gasteiger charge is 2.37. The lowest BCUT2D eigenvalue weighted by molar-refractivity contribution is -0.144. The van der Waals surface area contributed by atoms with Crippen LogP contribution in [0, 0.1) is 13.8 Å². The zero-order valence-corrected chi connectivity index (χ0v) is 13.0. The molecule has 21 heavy (non-hydrogen) atoms. The molecule has 1 unspecified atom stereocenters. The summed E-state index contributed by atoms with van der Waals surface area (Å²) in [6.07, 6.45) is 0. The van der Waals surface area contributed by atoms with E-state index in [1.165, 1.54) is 18.3 Å². The predicted octanol–water partition coefficient (Wildman–Crippen LogP) is 3.09. The first kappa shape index (κ1) is 15.3. The Hall–Kier alpha value is -2.14. The zero-order chi connectivity index (χ0) is 15.6. The van der Waals surface area contributed by atoms with Crippen molar-refractivity contribution >= 4 is 23.2 Å². The molecule has 5 heteroatoms. The van der Waals surface area contributed by atoms with Crippen LogP contribution in [-0.2, 0) is 10.3 Å². The number of benzene rings is 1. The fourth-order valence-corrected chi connectivity index (χ4v) is 2.92. The first-order chi connectivity index (χ1) is 9.84. The number of rotatable bonds is 4. The van der Waals surface area contributed by atoms with Gasteiger partial charge in [0.25, 0.3) is 5.91 Å². The standard InChI is InChI=1S/C16H17NO3S/c1-10-9-13(21-11(10)2)14(18)17-16(3,15(19)20)12-7-5-4-6-8-12/h4-9H,1-3H3,(H,17,18)(H,19,20). The van der Waals surface area contributed by atoms with E-state index < -0.39 is 11.5 Å². The van der Waals surface area contributed by atoms with Crippen molar-refractivity contribution in [3.8, 4) is 0 Å². The van der Waals surface area contributed by atoms with Crippen LogP contribution in [-0.4, -0.2) is 17.0 Å². The highest BCUT2D eigenvalue weighted by atomic mass is 32.1. The van der Waals surface area contributed by atoms with Crippen molar-refractivity contribution in [2.24, 2.45) is 0 Å². The molecule has 0 spiro atoms. The Morgan fingerprint density at radius 2 is 1.81 bits per heavy atom. The molecule has 1 atom stereocenters. The SMILES string of the molecule is Cc1cc(C(=O)NC(C)(C(=O)O)c2ccccc2)sc1C. The van der Waals surface area contributed by atoms with Gasteiger partial charge < -0.3 is 10.4 Å². The Labute approximate surface area is 127 Å². The number of carbonyl (C=O) groups is 2. The molecule has 1 amide bonds. The molecule has 0 radical (unpaired) electrons. The van der Waals surface area contributed by atoms with Crippen LogP contribution in [0.15, 0.2) is 36.4 Å². The van der Waals surface area contributed by atoms with E-state index in [1.54, 1.807) is 36.4 Å². The molecular formula is C16H17NO3S. The van der Waals surface area contributed by atoms with Crippen LogP contribution in [0.1, 0.15) is 32.6 Å². The molecule has 0 aliphatic carbocycles. The van der Waals surface area contributed by atoms with Gasteiger partial charge in [0, 0.05) is 4.88 Å². The number of carboxylic acids is 1. The molecule has 0 aliphatic heterocycles. The van der Waals surface area contributed by atoms with Gasteiger partial charge in [0.05, 0.1) is 4.88 Å². The van der Waals surface area contributed by atoms with E-state index in [4.69, 9.17) is 0 Å². The van der Waals surface area contributed by atoms with E-state index in [0.717, 1.165) is 10.4 Å². The highest BCUT2D eigenvalue weighted by molar-refractivity contribution is 7.14. The number of amides is 1. The van der Waals surface area contributed by atoms with Crippen LogP contribution in [0.2, 0.25) is 0 Å². The van der Waals surface area contributed by atoms with Crippen molar-refractivity contribution in [1.29, 1.82) is 0 Å². The fraction of sp³-hybridized carbons (Fsp3) is 0.250. The van der Waals surface area contributed by atoms with Gasteiger partial charge in [0.1, 0.15) is 0 Å². The predicted molar refractivity (Wildman–Crippen MR) is 82.7 cm³/mol.